The summed E-state index contributed by atoms with van der Waals surface area (Å²) in [4.78, 5) is 15.9. The average Bonchev–Trinajstić information content (AvgIpc) is 3.17. The van der Waals surface area contributed by atoms with Gasteiger partial charge in [0.1, 0.15) is 5.78 Å². The molecule has 0 saturated heterocycles. The second-order valence-corrected chi connectivity index (χ2v) is 8.92. The molecule has 0 radical (unpaired) electrons. The fraction of sp³-hybridized carbons (Fsp3) is 0.370. The monoisotopic (exact) mass is 381 g/mol. The highest BCUT2D eigenvalue weighted by Gasteiger charge is 2.71. The van der Waals surface area contributed by atoms with Crippen molar-refractivity contribution >= 4 is 11.4 Å². The van der Waals surface area contributed by atoms with E-state index in [1.54, 1.807) is 0 Å². The number of likely N-dealkylation sites (N-methyl/N-ethyl adjacent to an activating group) is 1. The van der Waals surface area contributed by atoms with Crippen LogP contribution in [0.3, 0.4) is 0 Å². The van der Waals surface area contributed by atoms with Crippen LogP contribution in [0.2, 0.25) is 0 Å². The number of benzene rings is 2. The second-order valence-electron chi connectivity index (χ2n) is 8.92. The third-order valence-corrected chi connectivity index (χ3v) is 7.51. The Morgan fingerprint density at radius 3 is 2.31 bits per heavy atom. The van der Waals surface area contributed by atoms with Gasteiger partial charge in [0.05, 0.1) is 11.0 Å². The van der Waals surface area contributed by atoms with E-state index in [2.05, 4.69) is 67.2 Å². The number of allylic oxidation sites excluding steroid dienone is 1. The van der Waals surface area contributed by atoms with Gasteiger partial charge >= 0.3 is 0 Å². The van der Waals surface area contributed by atoms with E-state index in [9.17, 15) is 4.79 Å². The molecular weight excluding hydrogens is 354 g/mol. The van der Waals surface area contributed by atoms with Crippen molar-refractivity contribution in [3.63, 3.8) is 0 Å². The highest BCUT2D eigenvalue weighted by atomic mass is 16.1. The normalized spacial score (nSPS) is 30.3. The van der Waals surface area contributed by atoms with Crippen molar-refractivity contribution in [2.24, 2.45) is 11.3 Å². The number of hydrogen-bond donors (Lipinski definition) is 0. The summed E-state index contributed by atoms with van der Waals surface area (Å²) in [5.41, 5.74) is 3.97. The highest BCUT2D eigenvalue weighted by Crippen LogP contribution is 2.70. The van der Waals surface area contributed by atoms with E-state index in [-0.39, 0.29) is 11.0 Å². The lowest BCUT2D eigenvalue weighted by Gasteiger charge is -2.42. The fourth-order valence-electron chi connectivity index (χ4n) is 6.35. The molecular formula is C27H27NO. The maximum Gasteiger partial charge on any atom is 0.146 e. The zero-order valence-electron chi connectivity index (χ0n) is 17.2. The summed E-state index contributed by atoms with van der Waals surface area (Å²) < 4.78 is 0. The van der Waals surface area contributed by atoms with Gasteiger partial charge in [0.15, 0.2) is 0 Å². The first kappa shape index (κ1) is 18.4. The zero-order valence-corrected chi connectivity index (χ0v) is 17.2. The summed E-state index contributed by atoms with van der Waals surface area (Å²) in [6.07, 6.45) is 5.00. The Labute approximate surface area is 173 Å². The molecule has 0 heterocycles. The summed E-state index contributed by atoms with van der Waals surface area (Å²) in [6, 6.07) is 20.7. The first-order valence-corrected chi connectivity index (χ1v) is 10.7. The first-order chi connectivity index (χ1) is 14.1. The zero-order chi connectivity index (χ0) is 20.1. The van der Waals surface area contributed by atoms with Crippen LogP contribution >= 0.6 is 0 Å². The van der Waals surface area contributed by atoms with Gasteiger partial charge in [-0.2, -0.15) is 0 Å². The fourth-order valence-corrected chi connectivity index (χ4v) is 6.35. The Bertz CT molecular complexity index is 1040. The molecule has 146 valence electrons. The van der Waals surface area contributed by atoms with Crippen LogP contribution < -0.4 is 0 Å². The van der Waals surface area contributed by atoms with Crippen molar-refractivity contribution in [2.45, 2.75) is 37.6 Å². The van der Waals surface area contributed by atoms with E-state index < -0.39 is 0 Å². The van der Waals surface area contributed by atoms with Crippen LogP contribution in [0.1, 0.15) is 43.2 Å². The van der Waals surface area contributed by atoms with Crippen LogP contribution in [0.5, 0.6) is 0 Å². The van der Waals surface area contributed by atoms with Crippen molar-refractivity contribution < 1.29 is 4.79 Å². The Hall–Kier alpha value is -2.63. The minimum absolute atomic E-state index is 0.273. The number of nitrogens with zero attached hydrogens (tertiary/aromatic N) is 1. The van der Waals surface area contributed by atoms with Crippen LogP contribution in [-0.4, -0.2) is 30.3 Å². The largest absolute Gasteiger partial charge is 0.299 e. The van der Waals surface area contributed by atoms with Crippen molar-refractivity contribution in [3.05, 3.63) is 77.4 Å². The van der Waals surface area contributed by atoms with E-state index in [4.69, 9.17) is 0 Å². The molecule has 0 aliphatic heterocycles. The van der Waals surface area contributed by atoms with E-state index in [1.807, 2.05) is 24.3 Å². The predicted octanol–water partition coefficient (Wildman–Crippen LogP) is 4.96. The minimum Gasteiger partial charge on any atom is -0.299 e. The van der Waals surface area contributed by atoms with Gasteiger partial charge in [0, 0.05) is 17.6 Å². The average molecular weight is 382 g/mol. The van der Waals surface area contributed by atoms with Crippen LogP contribution in [0.4, 0.5) is 0 Å². The second kappa shape index (κ2) is 6.71. The number of rotatable bonds is 2. The summed E-state index contributed by atoms with van der Waals surface area (Å²) in [7, 11) is 4.27. The Balaban J connectivity index is 1.80. The Morgan fingerprint density at radius 2 is 1.62 bits per heavy atom. The lowest BCUT2D eigenvalue weighted by molar-refractivity contribution is -0.125. The molecule has 2 fully saturated rings. The van der Waals surface area contributed by atoms with Gasteiger partial charge in [-0.1, -0.05) is 73.2 Å². The van der Waals surface area contributed by atoms with E-state index >= 15 is 0 Å². The molecule has 2 saturated carbocycles. The topological polar surface area (TPSA) is 20.3 Å². The quantitative estimate of drug-likeness (QED) is 0.686. The molecule has 2 bridgehead atoms. The van der Waals surface area contributed by atoms with Gasteiger partial charge in [-0.15, -0.1) is 0 Å². The molecule has 2 aromatic carbocycles. The SMILES string of the molecule is CN(C)C12CC(=O)C3(CCCCC31)C(c1ccccc1)=C2C#Cc1ccccc1. The number of hydrogen-bond acceptors (Lipinski definition) is 2. The highest BCUT2D eigenvalue weighted by molar-refractivity contribution is 6.08. The summed E-state index contributed by atoms with van der Waals surface area (Å²) in [5, 5.41) is 0. The van der Waals surface area contributed by atoms with Crippen molar-refractivity contribution in [1.82, 2.24) is 4.90 Å². The maximum atomic E-state index is 13.6. The smallest absolute Gasteiger partial charge is 0.146 e. The third-order valence-electron chi connectivity index (χ3n) is 7.51. The van der Waals surface area contributed by atoms with Gasteiger partial charge in [0.25, 0.3) is 0 Å². The molecule has 29 heavy (non-hydrogen) atoms. The minimum atomic E-state index is -0.357. The van der Waals surface area contributed by atoms with Crippen LogP contribution in [-0.2, 0) is 4.79 Å². The molecule has 0 amide bonds. The molecule has 3 aliphatic carbocycles. The van der Waals surface area contributed by atoms with E-state index in [1.165, 1.54) is 23.1 Å². The van der Waals surface area contributed by atoms with Gasteiger partial charge in [-0.05, 0) is 56.1 Å². The molecule has 2 aromatic rings. The molecule has 3 aliphatic rings. The lowest BCUT2D eigenvalue weighted by Crippen LogP contribution is -2.48. The molecule has 0 spiro atoms. The Morgan fingerprint density at radius 1 is 0.931 bits per heavy atom. The van der Waals surface area contributed by atoms with Gasteiger partial charge < -0.3 is 0 Å². The van der Waals surface area contributed by atoms with Crippen molar-refractivity contribution in [2.75, 3.05) is 14.1 Å². The third kappa shape index (κ3) is 2.44. The molecule has 2 nitrogen and oxygen atoms in total. The predicted molar refractivity (Wildman–Crippen MR) is 117 cm³/mol. The summed E-state index contributed by atoms with van der Waals surface area (Å²) in [5.74, 6) is 7.80. The summed E-state index contributed by atoms with van der Waals surface area (Å²) >= 11 is 0. The number of carbonyl (C=O) groups is 1. The van der Waals surface area contributed by atoms with Gasteiger partial charge in [0.2, 0.25) is 0 Å². The number of carbonyl (C=O) groups excluding carboxylic acids is 1. The molecule has 2 heteroatoms. The standard InChI is InChI=1S/C27H27NO/c1-28(2)27-19-24(29)26(18-10-9-15-23(26)27)25(21-13-7-4-8-14-21)22(27)17-16-20-11-5-3-6-12-20/h3-8,11-14,23H,9-10,15,18-19H2,1-2H3. The molecule has 3 unspecified atom stereocenters. The van der Waals surface area contributed by atoms with Crippen molar-refractivity contribution in [3.8, 4) is 11.8 Å². The van der Waals surface area contributed by atoms with Crippen LogP contribution in [0, 0.1) is 23.2 Å². The van der Waals surface area contributed by atoms with Crippen molar-refractivity contribution in [1.29, 1.82) is 0 Å². The molecule has 0 aromatic heterocycles. The summed E-state index contributed by atoms with van der Waals surface area (Å²) in [6.45, 7) is 0. The number of ketones is 1. The van der Waals surface area contributed by atoms with Gasteiger partial charge in [-0.3, -0.25) is 9.69 Å². The van der Waals surface area contributed by atoms with E-state index in [0.717, 1.165) is 24.8 Å². The van der Waals surface area contributed by atoms with Crippen LogP contribution in [0.15, 0.2) is 66.2 Å². The van der Waals surface area contributed by atoms with Crippen LogP contribution in [0.25, 0.3) is 5.57 Å². The number of Topliss-reactive ketones (excluding diaryl/α,β-unsaturated/α-hetero) is 1. The molecule has 5 rings (SSSR count). The van der Waals surface area contributed by atoms with Gasteiger partial charge in [-0.25, -0.2) is 0 Å². The molecule has 0 N–H and O–H groups in total. The Kier molecular flexibility index (Phi) is 4.26. The first-order valence-electron chi connectivity index (χ1n) is 10.7. The molecule has 3 atom stereocenters. The van der Waals surface area contributed by atoms with E-state index in [0.29, 0.717) is 18.1 Å². The maximum absolute atomic E-state index is 13.6. The lowest BCUT2D eigenvalue weighted by atomic mass is 9.64.